The van der Waals surface area contributed by atoms with Crippen LogP contribution in [0.5, 0.6) is 0 Å². The first kappa shape index (κ1) is 17.7. The van der Waals surface area contributed by atoms with Crippen molar-refractivity contribution in [2.24, 2.45) is 0 Å². The van der Waals surface area contributed by atoms with Crippen molar-refractivity contribution in [1.29, 1.82) is 0 Å². The minimum atomic E-state index is -3.77. The molecular weight excluding hydrogens is 316 g/mol. The van der Waals surface area contributed by atoms with Gasteiger partial charge in [0.1, 0.15) is 4.90 Å². The Morgan fingerprint density at radius 1 is 1.22 bits per heavy atom. The van der Waals surface area contributed by atoms with Gasteiger partial charge in [0.15, 0.2) is 0 Å². The Morgan fingerprint density at radius 3 is 2.43 bits per heavy atom. The monoisotopic (exact) mass is 340 g/mol. The summed E-state index contributed by atoms with van der Waals surface area (Å²) >= 11 is 0. The van der Waals surface area contributed by atoms with Gasteiger partial charge in [-0.1, -0.05) is 19.3 Å². The molecule has 0 atom stereocenters. The van der Waals surface area contributed by atoms with E-state index in [9.17, 15) is 13.2 Å². The molecule has 6 nitrogen and oxygen atoms in total. The standard InChI is InChI=1S/C16H24N2O4S/c1-11(2)18-23(21,22)15-10-12(16(19)20)8-9-14(15)17-13-6-4-3-5-7-13/h8-11,13,17-18H,3-7H2,1-2H3,(H,19,20). The number of hydrogen-bond acceptors (Lipinski definition) is 4. The van der Waals surface area contributed by atoms with Crippen molar-refractivity contribution in [3.05, 3.63) is 23.8 Å². The molecule has 0 bridgehead atoms. The Balaban J connectivity index is 2.38. The zero-order valence-corrected chi connectivity index (χ0v) is 14.3. The van der Waals surface area contributed by atoms with E-state index in [0.29, 0.717) is 5.69 Å². The van der Waals surface area contributed by atoms with Crippen LogP contribution in [0.15, 0.2) is 23.1 Å². The first-order valence-electron chi connectivity index (χ1n) is 7.96. The first-order valence-corrected chi connectivity index (χ1v) is 9.44. The van der Waals surface area contributed by atoms with Crippen LogP contribution in [0.25, 0.3) is 0 Å². The number of rotatable bonds is 6. The van der Waals surface area contributed by atoms with Gasteiger partial charge in [0.2, 0.25) is 10.0 Å². The normalized spacial score (nSPS) is 16.5. The summed E-state index contributed by atoms with van der Waals surface area (Å²) in [7, 11) is -3.77. The Bertz CT molecular complexity index is 665. The van der Waals surface area contributed by atoms with Gasteiger partial charge in [-0.25, -0.2) is 17.9 Å². The second-order valence-corrected chi connectivity index (χ2v) is 7.95. The molecule has 128 valence electrons. The molecule has 1 saturated carbocycles. The van der Waals surface area contributed by atoms with Crippen LogP contribution in [0, 0.1) is 0 Å². The molecule has 0 heterocycles. The lowest BCUT2D eigenvalue weighted by atomic mass is 9.95. The predicted molar refractivity (Wildman–Crippen MR) is 89.4 cm³/mol. The van der Waals surface area contributed by atoms with E-state index in [-0.39, 0.29) is 22.5 Å². The van der Waals surface area contributed by atoms with E-state index in [1.54, 1.807) is 19.9 Å². The number of hydrogen-bond donors (Lipinski definition) is 3. The highest BCUT2D eigenvalue weighted by Gasteiger charge is 2.23. The minimum Gasteiger partial charge on any atom is -0.478 e. The van der Waals surface area contributed by atoms with Gasteiger partial charge in [0, 0.05) is 12.1 Å². The lowest BCUT2D eigenvalue weighted by Crippen LogP contribution is -2.32. The molecule has 1 aliphatic carbocycles. The summed E-state index contributed by atoms with van der Waals surface area (Å²) in [4.78, 5) is 11.2. The third-order valence-corrected chi connectivity index (χ3v) is 5.57. The number of aromatic carboxylic acids is 1. The van der Waals surface area contributed by atoms with Gasteiger partial charge in [-0.2, -0.15) is 0 Å². The third kappa shape index (κ3) is 4.68. The van der Waals surface area contributed by atoms with Gasteiger partial charge in [0.25, 0.3) is 0 Å². The molecule has 23 heavy (non-hydrogen) atoms. The van der Waals surface area contributed by atoms with Gasteiger partial charge < -0.3 is 10.4 Å². The van der Waals surface area contributed by atoms with Gasteiger partial charge in [-0.3, -0.25) is 0 Å². The quantitative estimate of drug-likeness (QED) is 0.740. The van der Waals surface area contributed by atoms with Crippen LogP contribution in [-0.4, -0.2) is 31.6 Å². The summed E-state index contributed by atoms with van der Waals surface area (Å²) < 4.78 is 27.6. The number of carbonyl (C=O) groups is 1. The van der Waals surface area contributed by atoms with Crippen LogP contribution in [0.4, 0.5) is 5.69 Å². The van der Waals surface area contributed by atoms with Crippen LogP contribution in [-0.2, 0) is 10.0 Å². The number of nitrogens with one attached hydrogen (secondary N) is 2. The molecule has 0 amide bonds. The topological polar surface area (TPSA) is 95.5 Å². The van der Waals surface area contributed by atoms with Gasteiger partial charge in [0.05, 0.1) is 11.3 Å². The maximum absolute atomic E-state index is 12.5. The summed E-state index contributed by atoms with van der Waals surface area (Å²) in [5.41, 5.74) is 0.429. The molecule has 1 aliphatic rings. The van der Waals surface area contributed by atoms with Gasteiger partial charge in [-0.15, -0.1) is 0 Å². The molecule has 1 fully saturated rings. The highest BCUT2D eigenvalue weighted by atomic mass is 32.2. The maximum Gasteiger partial charge on any atom is 0.335 e. The summed E-state index contributed by atoms with van der Waals surface area (Å²) in [6, 6.07) is 4.16. The van der Waals surface area contributed by atoms with Crippen LogP contribution in [0.3, 0.4) is 0 Å². The molecule has 1 aromatic rings. The first-order chi connectivity index (χ1) is 10.8. The molecule has 0 spiro atoms. The van der Waals surface area contributed by atoms with Crippen LogP contribution < -0.4 is 10.0 Å². The molecule has 0 radical (unpaired) electrons. The van der Waals surface area contributed by atoms with Crippen LogP contribution >= 0.6 is 0 Å². The van der Waals surface area contributed by atoms with E-state index < -0.39 is 16.0 Å². The largest absolute Gasteiger partial charge is 0.478 e. The number of anilines is 1. The molecule has 2 rings (SSSR count). The average molecular weight is 340 g/mol. The van der Waals surface area contributed by atoms with Gasteiger partial charge >= 0.3 is 5.97 Å². The number of carboxylic acids is 1. The molecule has 1 aromatic carbocycles. The minimum absolute atomic E-state index is 0.00308. The fourth-order valence-corrected chi connectivity index (χ4v) is 4.28. The van der Waals surface area contributed by atoms with Crippen LogP contribution in [0.2, 0.25) is 0 Å². The Labute approximate surface area is 137 Å². The molecular formula is C16H24N2O4S. The lowest BCUT2D eigenvalue weighted by Gasteiger charge is -2.25. The van der Waals surface area contributed by atoms with Crippen molar-refractivity contribution in [2.45, 2.75) is 62.9 Å². The van der Waals surface area contributed by atoms with Crippen LogP contribution in [0.1, 0.15) is 56.3 Å². The zero-order chi connectivity index (χ0) is 17.0. The average Bonchev–Trinajstić information content (AvgIpc) is 2.47. The van der Waals surface area contributed by atoms with Crippen molar-refractivity contribution in [1.82, 2.24) is 4.72 Å². The van der Waals surface area contributed by atoms with Gasteiger partial charge in [-0.05, 0) is 44.9 Å². The molecule has 7 heteroatoms. The summed E-state index contributed by atoms with van der Waals surface area (Å²) in [5.74, 6) is -1.14. The van der Waals surface area contributed by atoms with E-state index in [4.69, 9.17) is 5.11 Å². The maximum atomic E-state index is 12.5. The number of benzene rings is 1. The highest BCUT2D eigenvalue weighted by Crippen LogP contribution is 2.27. The molecule has 0 unspecified atom stereocenters. The molecule has 3 N–H and O–H groups in total. The van der Waals surface area contributed by atoms with E-state index in [0.717, 1.165) is 25.7 Å². The second-order valence-electron chi connectivity index (χ2n) is 6.27. The summed E-state index contributed by atoms with van der Waals surface area (Å²) in [5, 5.41) is 12.4. The molecule has 0 saturated heterocycles. The second kappa shape index (κ2) is 7.31. The fraction of sp³-hybridized carbons (Fsp3) is 0.562. The Morgan fingerprint density at radius 2 is 1.87 bits per heavy atom. The molecule has 0 aliphatic heterocycles. The van der Waals surface area contributed by atoms with Crippen molar-refractivity contribution in [3.63, 3.8) is 0 Å². The predicted octanol–water partition coefficient (Wildman–Crippen LogP) is 2.82. The van der Waals surface area contributed by atoms with Crippen molar-refractivity contribution in [2.75, 3.05) is 5.32 Å². The SMILES string of the molecule is CC(C)NS(=O)(=O)c1cc(C(=O)O)ccc1NC1CCCCC1. The summed E-state index contributed by atoms with van der Waals surface area (Å²) in [6.45, 7) is 3.46. The zero-order valence-electron chi connectivity index (χ0n) is 13.5. The highest BCUT2D eigenvalue weighted by molar-refractivity contribution is 7.89. The fourth-order valence-electron chi connectivity index (χ4n) is 2.84. The number of sulfonamides is 1. The summed E-state index contributed by atoms with van der Waals surface area (Å²) in [6.07, 6.45) is 5.44. The van der Waals surface area contributed by atoms with Crippen molar-refractivity contribution >= 4 is 21.7 Å². The Hall–Kier alpha value is -1.60. The van der Waals surface area contributed by atoms with E-state index in [2.05, 4.69) is 10.0 Å². The van der Waals surface area contributed by atoms with Crippen molar-refractivity contribution in [3.8, 4) is 0 Å². The number of carboxylic acid groups (broad SMARTS) is 1. The smallest absolute Gasteiger partial charge is 0.335 e. The van der Waals surface area contributed by atoms with E-state index in [1.807, 2.05) is 0 Å². The van der Waals surface area contributed by atoms with Crippen molar-refractivity contribution < 1.29 is 18.3 Å². The lowest BCUT2D eigenvalue weighted by molar-refractivity contribution is 0.0696. The third-order valence-electron chi connectivity index (χ3n) is 3.87. The van der Waals surface area contributed by atoms with E-state index in [1.165, 1.54) is 18.6 Å². The Kier molecular flexibility index (Phi) is 5.64. The molecule has 0 aromatic heterocycles. The van der Waals surface area contributed by atoms with E-state index >= 15 is 0 Å².